The van der Waals surface area contributed by atoms with Gasteiger partial charge in [-0.3, -0.25) is 5.43 Å². The zero-order valence-corrected chi connectivity index (χ0v) is 7.77. The standard InChI is InChI=1S/C9H10N4O2/c10-5-8(9(14)15)13-12-7-3-1-2-6(11)4-7/h1-5,10,12H,11H2,(H,14,15)/b10-5?,13-8+. The van der Waals surface area contributed by atoms with Crippen LogP contribution >= 0.6 is 0 Å². The van der Waals surface area contributed by atoms with Crippen LogP contribution in [0.4, 0.5) is 11.4 Å². The lowest BCUT2D eigenvalue weighted by molar-refractivity contribution is -0.129. The van der Waals surface area contributed by atoms with E-state index >= 15 is 0 Å². The fourth-order valence-corrected chi connectivity index (χ4v) is 0.875. The number of carbonyl (C=O) groups is 1. The van der Waals surface area contributed by atoms with E-state index in [-0.39, 0.29) is 5.71 Å². The number of aliphatic carboxylic acids is 1. The molecule has 5 N–H and O–H groups in total. The van der Waals surface area contributed by atoms with Crippen molar-refractivity contribution in [3.8, 4) is 0 Å². The minimum absolute atomic E-state index is 0.377. The number of carboxylic acid groups (broad SMARTS) is 1. The Kier molecular flexibility index (Phi) is 3.39. The van der Waals surface area contributed by atoms with Crippen molar-refractivity contribution in [3.05, 3.63) is 24.3 Å². The van der Waals surface area contributed by atoms with Gasteiger partial charge >= 0.3 is 5.97 Å². The van der Waals surface area contributed by atoms with Gasteiger partial charge < -0.3 is 16.2 Å². The first-order valence-electron chi connectivity index (χ1n) is 4.06. The van der Waals surface area contributed by atoms with Crippen molar-refractivity contribution in [1.82, 2.24) is 0 Å². The molecule has 78 valence electrons. The van der Waals surface area contributed by atoms with Crippen molar-refractivity contribution in [2.45, 2.75) is 0 Å². The second-order valence-electron chi connectivity index (χ2n) is 2.68. The Labute approximate surface area is 85.9 Å². The minimum atomic E-state index is -1.26. The highest BCUT2D eigenvalue weighted by molar-refractivity contribution is 6.58. The van der Waals surface area contributed by atoms with Crippen molar-refractivity contribution in [3.63, 3.8) is 0 Å². The second-order valence-corrected chi connectivity index (χ2v) is 2.68. The highest BCUT2D eigenvalue weighted by atomic mass is 16.4. The Bertz CT molecular complexity index is 414. The Morgan fingerprint density at radius 1 is 1.60 bits per heavy atom. The van der Waals surface area contributed by atoms with Crippen LogP contribution in [-0.2, 0) is 4.79 Å². The second kappa shape index (κ2) is 4.75. The van der Waals surface area contributed by atoms with Crippen LogP contribution in [0, 0.1) is 5.41 Å². The van der Waals surface area contributed by atoms with E-state index in [9.17, 15) is 4.79 Å². The lowest BCUT2D eigenvalue weighted by atomic mass is 10.3. The summed E-state index contributed by atoms with van der Waals surface area (Å²) in [7, 11) is 0. The summed E-state index contributed by atoms with van der Waals surface area (Å²) in [6, 6.07) is 6.69. The summed E-state index contributed by atoms with van der Waals surface area (Å²) in [5, 5.41) is 18.9. The molecule has 0 saturated heterocycles. The Morgan fingerprint density at radius 3 is 2.87 bits per heavy atom. The van der Waals surface area contributed by atoms with E-state index in [0.717, 1.165) is 0 Å². The van der Waals surface area contributed by atoms with E-state index in [1.165, 1.54) is 0 Å². The molecule has 0 aliphatic heterocycles. The van der Waals surface area contributed by atoms with Crippen LogP contribution in [0.1, 0.15) is 0 Å². The third-order valence-electron chi connectivity index (χ3n) is 1.55. The number of carboxylic acids is 1. The van der Waals surface area contributed by atoms with E-state index in [4.69, 9.17) is 16.2 Å². The molecule has 1 rings (SSSR count). The fraction of sp³-hybridized carbons (Fsp3) is 0. The third-order valence-corrected chi connectivity index (χ3v) is 1.55. The van der Waals surface area contributed by atoms with Gasteiger partial charge in [0.15, 0.2) is 5.71 Å². The fourth-order valence-electron chi connectivity index (χ4n) is 0.875. The minimum Gasteiger partial charge on any atom is -0.476 e. The molecule has 0 spiro atoms. The summed E-state index contributed by atoms with van der Waals surface area (Å²) in [5.41, 5.74) is 8.73. The maximum atomic E-state index is 10.5. The zero-order chi connectivity index (χ0) is 11.3. The van der Waals surface area contributed by atoms with Crippen LogP contribution in [0.2, 0.25) is 0 Å². The van der Waals surface area contributed by atoms with Gasteiger partial charge in [-0.25, -0.2) is 4.79 Å². The molecule has 1 aromatic rings. The number of nitrogens with zero attached hydrogens (tertiary/aromatic N) is 1. The highest BCUT2D eigenvalue weighted by Gasteiger charge is 2.04. The molecule has 6 heteroatoms. The van der Waals surface area contributed by atoms with Gasteiger partial charge in [-0.05, 0) is 18.2 Å². The molecule has 1 aromatic carbocycles. The van der Waals surface area contributed by atoms with E-state index in [0.29, 0.717) is 17.6 Å². The number of rotatable bonds is 4. The summed E-state index contributed by atoms with van der Waals surface area (Å²) < 4.78 is 0. The molecular formula is C9H10N4O2. The van der Waals surface area contributed by atoms with Gasteiger partial charge in [0.25, 0.3) is 0 Å². The van der Waals surface area contributed by atoms with Crippen LogP contribution in [-0.4, -0.2) is 23.0 Å². The van der Waals surface area contributed by atoms with E-state index in [1.54, 1.807) is 24.3 Å². The SMILES string of the molecule is N=C/C(=N\Nc1cccc(N)c1)C(=O)O. The predicted octanol–water partition coefficient (Wildman–Crippen LogP) is 0.771. The number of hydrogen-bond donors (Lipinski definition) is 4. The van der Waals surface area contributed by atoms with Gasteiger partial charge in [0.1, 0.15) is 0 Å². The van der Waals surface area contributed by atoms with Gasteiger partial charge in [-0.1, -0.05) is 6.07 Å². The van der Waals surface area contributed by atoms with Gasteiger partial charge in [0.2, 0.25) is 0 Å². The van der Waals surface area contributed by atoms with Crippen LogP contribution in [0.25, 0.3) is 0 Å². The van der Waals surface area contributed by atoms with Gasteiger partial charge in [-0.2, -0.15) is 5.10 Å². The number of nitrogens with one attached hydrogen (secondary N) is 2. The first-order valence-corrected chi connectivity index (χ1v) is 4.06. The number of anilines is 2. The molecule has 0 atom stereocenters. The molecule has 0 saturated carbocycles. The summed E-state index contributed by atoms with van der Waals surface area (Å²) >= 11 is 0. The molecule has 0 aliphatic rings. The topological polar surface area (TPSA) is 112 Å². The lowest BCUT2D eigenvalue weighted by Gasteiger charge is -2.01. The molecule has 0 aliphatic carbocycles. The molecule has 0 heterocycles. The first-order chi connectivity index (χ1) is 7.13. The molecule has 0 bridgehead atoms. The van der Waals surface area contributed by atoms with Crippen LogP contribution in [0.5, 0.6) is 0 Å². The highest BCUT2D eigenvalue weighted by Crippen LogP contribution is 2.11. The quantitative estimate of drug-likeness (QED) is 0.331. The normalized spacial score (nSPS) is 10.8. The molecule has 6 nitrogen and oxygen atoms in total. The van der Waals surface area contributed by atoms with Crippen molar-refractivity contribution < 1.29 is 9.90 Å². The Morgan fingerprint density at radius 2 is 2.33 bits per heavy atom. The predicted molar refractivity (Wildman–Crippen MR) is 58.3 cm³/mol. The summed E-state index contributed by atoms with van der Waals surface area (Å²) in [4.78, 5) is 10.5. The van der Waals surface area contributed by atoms with Crippen LogP contribution in [0.15, 0.2) is 29.4 Å². The first kappa shape index (κ1) is 10.7. The smallest absolute Gasteiger partial charge is 0.357 e. The van der Waals surface area contributed by atoms with Gasteiger partial charge in [0.05, 0.1) is 11.9 Å². The number of hydrogen-bond acceptors (Lipinski definition) is 5. The van der Waals surface area contributed by atoms with Crippen molar-refractivity contribution in [2.24, 2.45) is 5.10 Å². The maximum Gasteiger partial charge on any atom is 0.357 e. The maximum absolute atomic E-state index is 10.5. The van der Waals surface area contributed by atoms with Gasteiger partial charge in [-0.15, -0.1) is 0 Å². The van der Waals surface area contributed by atoms with Crippen LogP contribution < -0.4 is 11.2 Å². The zero-order valence-electron chi connectivity index (χ0n) is 7.77. The number of nitrogens with two attached hydrogens (primary N) is 1. The largest absolute Gasteiger partial charge is 0.476 e. The van der Waals surface area contributed by atoms with E-state index in [1.807, 2.05) is 0 Å². The average Bonchev–Trinajstić information content (AvgIpc) is 2.18. The molecule has 0 amide bonds. The average molecular weight is 206 g/mol. The molecule has 15 heavy (non-hydrogen) atoms. The Balaban J connectivity index is 2.78. The number of nitrogen functional groups attached to an aromatic ring is 1. The third kappa shape index (κ3) is 3.11. The summed E-state index contributed by atoms with van der Waals surface area (Å²) in [6.45, 7) is 0. The van der Waals surface area contributed by atoms with Crippen LogP contribution in [0.3, 0.4) is 0 Å². The molecular weight excluding hydrogens is 196 g/mol. The molecule has 0 radical (unpaired) electrons. The van der Waals surface area contributed by atoms with Crippen molar-refractivity contribution in [1.29, 1.82) is 5.41 Å². The molecule has 0 aromatic heterocycles. The van der Waals surface area contributed by atoms with E-state index in [2.05, 4.69) is 10.5 Å². The summed E-state index contributed by atoms with van der Waals surface area (Å²) in [5.74, 6) is -1.26. The lowest BCUT2D eigenvalue weighted by Crippen LogP contribution is -2.15. The van der Waals surface area contributed by atoms with Crippen molar-refractivity contribution >= 4 is 29.3 Å². The van der Waals surface area contributed by atoms with Crippen molar-refractivity contribution in [2.75, 3.05) is 11.2 Å². The number of hydrazone groups is 1. The summed E-state index contributed by atoms with van der Waals surface area (Å²) in [6.07, 6.45) is 0.654. The van der Waals surface area contributed by atoms with E-state index < -0.39 is 5.97 Å². The monoisotopic (exact) mass is 206 g/mol. The molecule has 0 fully saturated rings. The van der Waals surface area contributed by atoms with Gasteiger partial charge in [0, 0.05) is 5.69 Å². The number of benzene rings is 1. The Hall–Kier alpha value is -2.37. The molecule has 0 unspecified atom stereocenters.